The van der Waals surface area contributed by atoms with Gasteiger partial charge in [-0.15, -0.1) is 0 Å². The van der Waals surface area contributed by atoms with Crippen molar-refractivity contribution in [2.75, 3.05) is 26.3 Å². The lowest BCUT2D eigenvalue weighted by Gasteiger charge is -2.05. The predicted molar refractivity (Wildman–Crippen MR) is 59.8 cm³/mol. The van der Waals surface area contributed by atoms with Crippen molar-refractivity contribution in [3.63, 3.8) is 0 Å². The lowest BCUT2D eigenvalue weighted by molar-refractivity contribution is -0.139. The van der Waals surface area contributed by atoms with Crippen LogP contribution in [0, 0.1) is 17.2 Å². The molecule has 0 aromatic carbocycles. The van der Waals surface area contributed by atoms with Gasteiger partial charge in [0.1, 0.15) is 6.54 Å². The highest BCUT2D eigenvalue weighted by molar-refractivity contribution is 6.35. The van der Waals surface area contributed by atoms with E-state index in [9.17, 15) is 9.59 Å². The van der Waals surface area contributed by atoms with E-state index in [1.165, 1.54) is 12.8 Å². The largest absolute Gasteiger partial charge is 0.381 e. The molecule has 1 saturated carbocycles. The van der Waals surface area contributed by atoms with Crippen LogP contribution in [0.1, 0.15) is 19.3 Å². The van der Waals surface area contributed by atoms with Crippen molar-refractivity contribution in [3.8, 4) is 6.07 Å². The Morgan fingerprint density at radius 1 is 1.29 bits per heavy atom. The molecule has 0 radical (unpaired) electrons. The fourth-order valence-corrected chi connectivity index (χ4v) is 1.19. The zero-order valence-electron chi connectivity index (χ0n) is 9.70. The van der Waals surface area contributed by atoms with Gasteiger partial charge in [-0.25, -0.2) is 0 Å². The number of nitriles is 1. The quantitative estimate of drug-likeness (QED) is 0.358. The Labute approximate surface area is 100 Å². The molecule has 1 rings (SSSR count). The summed E-state index contributed by atoms with van der Waals surface area (Å²) in [7, 11) is 0. The molecule has 6 nitrogen and oxygen atoms in total. The van der Waals surface area contributed by atoms with Crippen molar-refractivity contribution >= 4 is 11.8 Å². The maximum atomic E-state index is 11.1. The summed E-state index contributed by atoms with van der Waals surface area (Å²) in [6.45, 7) is 1.65. The second-order valence-electron chi connectivity index (χ2n) is 3.97. The number of hydrogen-bond acceptors (Lipinski definition) is 4. The Balaban J connectivity index is 1.91. The monoisotopic (exact) mass is 239 g/mol. The number of hydrogen-bond donors (Lipinski definition) is 2. The maximum Gasteiger partial charge on any atom is 0.310 e. The van der Waals surface area contributed by atoms with Crippen LogP contribution in [-0.2, 0) is 14.3 Å². The van der Waals surface area contributed by atoms with Gasteiger partial charge in [-0.05, 0) is 25.2 Å². The summed E-state index contributed by atoms with van der Waals surface area (Å²) in [6.07, 6.45) is 3.20. The average molecular weight is 239 g/mol. The van der Waals surface area contributed by atoms with Crippen molar-refractivity contribution in [2.45, 2.75) is 19.3 Å². The molecule has 0 unspecified atom stereocenters. The predicted octanol–water partition coefficient (Wildman–Crippen LogP) is -0.441. The first-order valence-corrected chi connectivity index (χ1v) is 5.74. The summed E-state index contributed by atoms with van der Waals surface area (Å²) in [5.41, 5.74) is 0. The van der Waals surface area contributed by atoms with E-state index >= 15 is 0 Å². The fourth-order valence-electron chi connectivity index (χ4n) is 1.19. The Kier molecular flexibility index (Phi) is 6.04. The van der Waals surface area contributed by atoms with E-state index in [4.69, 9.17) is 10.00 Å². The van der Waals surface area contributed by atoms with Crippen LogP contribution in [0.15, 0.2) is 0 Å². The molecule has 0 atom stereocenters. The lowest BCUT2D eigenvalue weighted by atomic mass is 10.4. The summed E-state index contributed by atoms with van der Waals surface area (Å²) in [6, 6.07) is 1.72. The van der Waals surface area contributed by atoms with E-state index in [1.807, 2.05) is 0 Å². The first-order chi connectivity index (χ1) is 8.24. The van der Waals surface area contributed by atoms with Crippen LogP contribution < -0.4 is 10.6 Å². The van der Waals surface area contributed by atoms with Gasteiger partial charge in [0.25, 0.3) is 0 Å². The highest BCUT2D eigenvalue weighted by atomic mass is 16.5. The van der Waals surface area contributed by atoms with Gasteiger partial charge >= 0.3 is 11.8 Å². The molecular formula is C11H17N3O3. The van der Waals surface area contributed by atoms with E-state index in [-0.39, 0.29) is 6.54 Å². The lowest BCUT2D eigenvalue weighted by Crippen LogP contribution is -2.40. The Morgan fingerprint density at radius 3 is 2.65 bits per heavy atom. The minimum atomic E-state index is -0.773. The normalized spacial score (nSPS) is 13.8. The second-order valence-corrected chi connectivity index (χ2v) is 3.97. The third-order valence-corrected chi connectivity index (χ3v) is 2.34. The number of carbonyl (C=O) groups excluding carboxylic acids is 2. The molecule has 2 N–H and O–H groups in total. The van der Waals surface area contributed by atoms with Crippen molar-refractivity contribution in [3.05, 3.63) is 0 Å². The molecular weight excluding hydrogens is 222 g/mol. The Hall–Kier alpha value is -1.61. The molecule has 0 heterocycles. The number of nitrogens with one attached hydrogen (secondary N) is 2. The zero-order chi connectivity index (χ0) is 12.5. The van der Waals surface area contributed by atoms with Gasteiger partial charge in [0.2, 0.25) is 0 Å². The van der Waals surface area contributed by atoms with Gasteiger partial charge in [-0.3, -0.25) is 9.59 Å². The van der Waals surface area contributed by atoms with E-state index in [0.717, 1.165) is 12.5 Å². The maximum absolute atomic E-state index is 11.1. The highest BCUT2D eigenvalue weighted by Gasteiger charge is 2.20. The molecule has 94 valence electrons. The average Bonchev–Trinajstić information content (AvgIpc) is 3.14. The van der Waals surface area contributed by atoms with Crippen LogP contribution in [0.3, 0.4) is 0 Å². The van der Waals surface area contributed by atoms with Gasteiger partial charge in [0.15, 0.2) is 0 Å². The first kappa shape index (κ1) is 13.5. The Morgan fingerprint density at radius 2 is 2.00 bits per heavy atom. The molecule has 0 bridgehead atoms. The number of rotatable bonds is 7. The second kappa shape index (κ2) is 7.63. The molecule has 1 aliphatic carbocycles. The summed E-state index contributed by atoms with van der Waals surface area (Å²) < 4.78 is 5.37. The molecule has 0 aromatic rings. The zero-order valence-corrected chi connectivity index (χ0v) is 9.70. The third-order valence-electron chi connectivity index (χ3n) is 2.34. The molecule has 0 saturated heterocycles. The van der Waals surface area contributed by atoms with Gasteiger partial charge in [0.05, 0.1) is 6.07 Å². The van der Waals surface area contributed by atoms with Crippen molar-refractivity contribution in [1.82, 2.24) is 10.6 Å². The topological polar surface area (TPSA) is 91.2 Å². The minimum Gasteiger partial charge on any atom is -0.381 e. The number of nitrogens with zero attached hydrogens (tertiary/aromatic N) is 1. The molecule has 17 heavy (non-hydrogen) atoms. The van der Waals surface area contributed by atoms with Gasteiger partial charge in [0, 0.05) is 19.8 Å². The summed E-state index contributed by atoms with van der Waals surface area (Å²) in [4.78, 5) is 22.1. The van der Waals surface area contributed by atoms with Crippen LogP contribution >= 0.6 is 0 Å². The van der Waals surface area contributed by atoms with Crippen LogP contribution in [0.5, 0.6) is 0 Å². The van der Waals surface area contributed by atoms with E-state index in [2.05, 4.69) is 10.6 Å². The van der Waals surface area contributed by atoms with E-state index in [0.29, 0.717) is 19.6 Å². The van der Waals surface area contributed by atoms with Crippen LogP contribution in [0.2, 0.25) is 0 Å². The molecule has 0 spiro atoms. The van der Waals surface area contributed by atoms with Gasteiger partial charge in [-0.2, -0.15) is 5.26 Å². The minimum absolute atomic E-state index is 0.156. The summed E-state index contributed by atoms with van der Waals surface area (Å²) >= 11 is 0. The summed E-state index contributed by atoms with van der Waals surface area (Å²) in [5, 5.41) is 12.8. The van der Waals surface area contributed by atoms with Crippen molar-refractivity contribution in [1.29, 1.82) is 5.26 Å². The molecule has 0 aromatic heterocycles. The van der Waals surface area contributed by atoms with Crippen molar-refractivity contribution < 1.29 is 14.3 Å². The number of carbonyl (C=O) groups is 2. The van der Waals surface area contributed by atoms with Crippen LogP contribution in [-0.4, -0.2) is 38.1 Å². The standard InChI is InChI=1S/C11H17N3O3/c12-4-6-14-11(16)10(15)13-5-1-7-17-8-9-2-3-9/h9H,1-3,5-8H2,(H,13,15)(H,14,16). The molecule has 0 aliphatic heterocycles. The van der Waals surface area contributed by atoms with E-state index in [1.54, 1.807) is 6.07 Å². The van der Waals surface area contributed by atoms with Crippen molar-refractivity contribution in [2.24, 2.45) is 5.92 Å². The first-order valence-electron chi connectivity index (χ1n) is 5.74. The van der Waals surface area contributed by atoms with Crippen LogP contribution in [0.25, 0.3) is 0 Å². The highest BCUT2D eigenvalue weighted by Crippen LogP contribution is 2.28. The smallest absolute Gasteiger partial charge is 0.310 e. The van der Waals surface area contributed by atoms with E-state index < -0.39 is 11.8 Å². The molecule has 2 amide bonds. The molecule has 1 aliphatic rings. The molecule has 6 heteroatoms. The molecule has 1 fully saturated rings. The van der Waals surface area contributed by atoms with Gasteiger partial charge in [-0.1, -0.05) is 0 Å². The number of ether oxygens (including phenoxy) is 1. The SMILES string of the molecule is N#CCNC(=O)C(=O)NCCCOCC1CC1. The van der Waals surface area contributed by atoms with Gasteiger partial charge < -0.3 is 15.4 Å². The Bertz CT molecular complexity index is 308. The number of amides is 2. The third kappa shape index (κ3) is 6.53. The van der Waals surface area contributed by atoms with Crippen LogP contribution in [0.4, 0.5) is 0 Å². The summed E-state index contributed by atoms with van der Waals surface area (Å²) in [5.74, 6) is -0.741. The fraction of sp³-hybridized carbons (Fsp3) is 0.727.